The first kappa shape index (κ1) is 23.9. The van der Waals surface area contributed by atoms with Crippen molar-refractivity contribution in [2.75, 3.05) is 6.54 Å². The van der Waals surface area contributed by atoms with E-state index < -0.39 is 23.8 Å². The van der Waals surface area contributed by atoms with Gasteiger partial charge in [0.25, 0.3) is 0 Å². The van der Waals surface area contributed by atoms with E-state index in [2.05, 4.69) is 36.4 Å². The second-order valence-corrected chi connectivity index (χ2v) is 8.87. The predicted molar refractivity (Wildman–Crippen MR) is 113 cm³/mol. The molecule has 1 heterocycles. The molecule has 30 heavy (non-hydrogen) atoms. The van der Waals surface area contributed by atoms with E-state index in [9.17, 15) is 18.7 Å². The van der Waals surface area contributed by atoms with E-state index >= 15 is 0 Å². The Labute approximate surface area is 176 Å². The molecular weight excluding hydrogens is 388 g/mol. The summed E-state index contributed by atoms with van der Waals surface area (Å²) in [5.74, 6) is -1.71. The third-order valence-corrected chi connectivity index (χ3v) is 4.63. The summed E-state index contributed by atoms with van der Waals surface area (Å²) in [4.78, 5) is 15.7. The summed E-state index contributed by atoms with van der Waals surface area (Å²) < 4.78 is 27.0. The maximum atomic E-state index is 13.5. The molecule has 0 saturated heterocycles. The molecule has 5 nitrogen and oxygen atoms in total. The minimum Gasteiger partial charge on any atom is -0.390 e. The number of carbonyl (C=O) groups excluding carboxylic acids is 1. The molecular formula is C23H31F2N3O2. The fourth-order valence-corrected chi connectivity index (χ4v) is 3.38. The zero-order valence-corrected chi connectivity index (χ0v) is 18.0. The highest BCUT2D eigenvalue weighted by atomic mass is 19.1. The van der Waals surface area contributed by atoms with Crippen molar-refractivity contribution < 1.29 is 18.7 Å². The Balaban J connectivity index is 2.01. The van der Waals surface area contributed by atoms with Crippen LogP contribution >= 0.6 is 0 Å². The largest absolute Gasteiger partial charge is 0.390 e. The van der Waals surface area contributed by atoms with Crippen LogP contribution in [0, 0.1) is 17.0 Å². The van der Waals surface area contributed by atoms with Gasteiger partial charge in [-0.25, -0.2) is 8.78 Å². The Bertz CT molecular complexity index is 832. The smallest absolute Gasteiger partial charge is 0.217 e. The summed E-state index contributed by atoms with van der Waals surface area (Å²) in [6, 6.07) is 4.51. The number of halogens is 2. The number of aromatic nitrogens is 1. The first-order valence-corrected chi connectivity index (χ1v) is 10.1. The lowest BCUT2D eigenvalue weighted by Crippen LogP contribution is -2.48. The van der Waals surface area contributed by atoms with E-state index in [1.54, 1.807) is 12.4 Å². The molecule has 7 heteroatoms. The van der Waals surface area contributed by atoms with Crippen LogP contribution in [0.2, 0.25) is 0 Å². The SMILES string of the molecule is CC(=O)NC(Cc1cc(F)cc(F)c1)C(O)CNCc1cnccc1CC(C)(C)C. The van der Waals surface area contributed by atoms with Crippen LogP contribution in [-0.4, -0.2) is 34.7 Å². The molecule has 2 unspecified atom stereocenters. The predicted octanol–water partition coefficient (Wildman–Crippen LogP) is 3.15. The summed E-state index contributed by atoms with van der Waals surface area (Å²) in [6.45, 7) is 8.56. The normalized spacial score (nSPS) is 13.7. The number of amides is 1. The third-order valence-electron chi connectivity index (χ3n) is 4.63. The highest BCUT2D eigenvalue weighted by Crippen LogP contribution is 2.22. The molecule has 2 rings (SSSR count). The van der Waals surface area contributed by atoms with Crippen LogP contribution in [0.25, 0.3) is 0 Å². The molecule has 0 aliphatic heterocycles. The van der Waals surface area contributed by atoms with Crippen LogP contribution in [0.3, 0.4) is 0 Å². The van der Waals surface area contributed by atoms with Gasteiger partial charge in [0.1, 0.15) is 11.6 Å². The van der Waals surface area contributed by atoms with Gasteiger partial charge in [0.15, 0.2) is 0 Å². The quantitative estimate of drug-likeness (QED) is 0.584. The monoisotopic (exact) mass is 419 g/mol. The van der Waals surface area contributed by atoms with Crippen LogP contribution in [0.5, 0.6) is 0 Å². The lowest BCUT2D eigenvalue weighted by Gasteiger charge is -2.25. The Kier molecular flexibility index (Phi) is 8.43. The molecule has 0 aliphatic rings. The average Bonchev–Trinajstić information content (AvgIpc) is 2.60. The topological polar surface area (TPSA) is 74.2 Å². The minimum atomic E-state index is -0.942. The highest BCUT2D eigenvalue weighted by molar-refractivity contribution is 5.73. The van der Waals surface area contributed by atoms with Gasteiger partial charge >= 0.3 is 0 Å². The van der Waals surface area contributed by atoms with Crippen molar-refractivity contribution in [2.45, 2.75) is 59.2 Å². The van der Waals surface area contributed by atoms with Crippen LogP contribution in [0.15, 0.2) is 36.7 Å². The summed E-state index contributed by atoms with van der Waals surface area (Å²) in [5, 5.41) is 16.5. The zero-order valence-electron chi connectivity index (χ0n) is 18.0. The fourth-order valence-electron chi connectivity index (χ4n) is 3.38. The molecule has 0 radical (unpaired) electrons. The maximum absolute atomic E-state index is 13.5. The third kappa shape index (κ3) is 8.16. The van der Waals surface area contributed by atoms with Crippen LogP contribution in [-0.2, 0) is 24.2 Å². The van der Waals surface area contributed by atoms with E-state index in [1.807, 2.05) is 6.07 Å². The van der Waals surface area contributed by atoms with Gasteiger partial charge in [-0.1, -0.05) is 20.8 Å². The van der Waals surface area contributed by atoms with Crippen molar-refractivity contribution in [2.24, 2.45) is 5.41 Å². The highest BCUT2D eigenvalue weighted by Gasteiger charge is 2.21. The lowest BCUT2D eigenvalue weighted by molar-refractivity contribution is -0.120. The van der Waals surface area contributed by atoms with Crippen molar-refractivity contribution in [1.29, 1.82) is 0 Å². The van der Waals surface area contributed by atoms with Gasteiger partial charge in [-0.15, -0.1) is 0 Å². The maximum Gasteiger partial charge on any atom is 0.217 e. The Hall–Kier alpha value is -2.38. The molecule has 1 aromatic heterocycles. The van der Waals surface area contributed by atoms with E-state index in [0.717, 1.165) is 18.1 Å². The second kappa shape index (κ2) is 10.6. The fraction of sp³-hybridized carbons (Fsp3) is 0.478. The van der Waals surface area contributed by atoms with Gasteiger partial charge in [-0.3, -0.25) is 9.78 Å². The zero-order chi connectivity index (χ0) is 22.3. The number of hydrogen-bond acceptors (Lipinski definition) is 4. The van der Waals surface area contributed by atoms with E-state index in [4.69, 9.17) is 0 Å². The van der Waals surface area contributed by atoms with Crippen molar-refractivity contribution in [1.82, 2.24) is 15.6 Å². The number of aliphatic hydroxyl groups excluding tert-OH is 1. The van der Waals surface area contributed by atoms with Crippen molar-refractivity contribution in [3.8, 4) is 0 Å². The number of rotatable bonds is 9. The van der Waals surface area contributed by atoms with E-state index in [1.165, 1.54) is 24.6 Å². The Morgan fingerprint density at radius 1 is 1.17 bits per heavy atom. The first-order chi connectivity index (χ1) is 14.0. The number of pyridine rings is 1. The van der Waals surface area contributed by atoms with Gasteiger partial charge in [-0.05, 0) is 53.1 Å². The lowest BCUT2D eigenvalue weighted by atomic mass is 9.87. The second-order valence-electron chi connectivity index (χ2n) is 8.87. The molecule has 0 fully saturated rings. The number of hydrogen-bond donors (Lipinski definition) is 3. The van der Waals surface area contributed by atoms with Gasteiger partial charge in [-0.2, -0.15) is 0 Å². The number of benzene rings is 1. The molecule has 2 aromatic rings. The molecule has 0 spiro atoms. The molecule has 0 saturated carbocycles. The molecule has 164 valence electrons. The summed E-state index contributed by atoms with van der Waals surface area (Å²) in [7, 11) is 0. The minimum absolute atomic E-state index is 0.110. The van der Waals surface area contributed by atoms with Crippen LogP contribution < -0.4 is 10.6 Å². The van der Waals surface area contributed by atoms with Crippen molar-refractivity contribution in [3.05, 3.63) is 65.0 Å². The van der Waals surface area contributed by atoms with Gasteiger partial charge in [0, 0.05) is 38.5 Å². The molecule has 0 aliphatic carbocycles. The van der Waals surface area contributed by atoms with Gasteiger partial charge in [0.2, 0.25) is 5.91 Å². The van der Waals surface area contributed by atoms with Crippen molar-refractivity contribution >= 4 is 5.91 Å². The molecule has 0 bridgehead atoms. The average molecular weight is 420 g/mol. The molecule has 3 N–H and O–H groups in total. The summed E-state index contributed by atoms with van der Waals surface area (Å²) in [5.41, 5.74) is 2.73. The number of carbonyl (C=O) groups is 1. The Morgan fingerprint density at radius 3 is 2.43 bits per heavy atom. The number of nitrogens with one attached hydrogen (secondary N) is 2. The van der Waals surface area contributed by atoms with Crippen molar-refractivity contribution in [3.63, 3.8) is 0 Å². The summed E-state index contributed by atoms with van der Waals surface area (Å²) >= 11 is 0. The number of nitrogens with zero attached hydrogens (tertiary/aromatic N) is 1. The van der Waals surface area contributed by atoms with Gasteiger partial charge < -0.3 is 15.7 Å². The van der Waals surface area contributed by atoms with E-state index in [-0.39, 0.29) is 24.3 Å². The van der Waals surface area contributed by atoms with Crippen LogP contribution in [0.1, 0.15) is 44.4 Å². The molecule has 1 aromatic carbocycles. The standard InChI is InChI=1S/C23H31F2N3O2/c1-15(29)28-21(9-16-7-19(24)10-20(25)8-16)22(30)14-27-13-18-12-26-6-5-17(18)11-23(2,3)4/h5-8,10,12,21-22,27,30H,9,11,13-14H2,1-4H3,(H,28,29). The molecule has 1 amide bonds. The number of aliphatic hydroxyl groups is 1. The Morgan fingerprint density at radius 2 is 1.83 bits per heavy atom. The molecule has 2 atom stereocenters. The van der Waals surface area contributed by atoms with Gasteiger partial charge in [0.05, 0.1) is 12.1 Å². The van der Waals surface area contributed by atoms with Crippen LogP contribution in [0.4, 0.5) is 8.78 Å². The first-order valence-electron chi connectivity index (χ1n) is 10.1. The summed E-state index contributed by atoms with van der Waals surface area (Å²) in [6.07, 6.45) is 3.64. The van der Waals surface area contributed by atoms with E-state index in [0.29, 0.717) is 12.1 Å².